The first-order chi connectivity index (χ1) is 17.7. The molecular weight excluding hydrogens is 559 g/mol. The molecule has 1 N–H and O–H groups in total. The maximum Gasteiger partial charge on any atom is 0.264 e. The van der Waals surface area contributed by atoms with Gasteiger partial charge < -0.3 is 4.74 Å². The summed E-state index contributed by atoms with van der Waals surface area (Å²) in [4.78, 5) is 17.1. The van der Waals surface area contributed by atoms with Crippen molar-refractivity contribution in [3.63, 3.8) is 0 Å². The van der Waals surface area contributed by atoms with Gasteiger partial charge in [0.1, 0.15) is 17.4 Å². The summed E-state index contributed by atoms with van der Waals surface area (Å²) >= 11 is 18.5. The van der Waals surface area contributed by atoms with Gasteiger partial charge in [0, 0.05) is 22.0 Å². The Balaban J connectivity index is 1.57. The van der Waals surface area contributed by atoms with Crippen LogP contribution < -0.4 is 14.5 Å². The lowest BCUT2D eigenvalue weighted by Gasteiger charge is -2.24. The summed E-state index contributed by atoms with van der Waals surface area (Å²) in [6.45, 7) is -0.598. The molecule has 0 aliphatic heterocycles. The van der Waals surface area contributed by atoms with E-state index in [2.05, 4.69) is 15.5 Å². The number of hydrogen-bond acceptors (Lipinski definition) is 6. The molecule has 0 bridgehead atoms. The zero-order valence-electron chi connectivity index (χ0n) is 19.2. The Kier molecular flexibility index (Phi) is 8.19. The van der Waals surface area contributed by atoms with E-state index < -0.39 is 22.5 Å². The van der Waals surface area contributed by atoms with Gasteiger partial charge in [0.15, 0.2) is 0 Å². The molecule has 3 aromatic carbocycles. The molecular formula is C25H19Cl3N4O4S. The van der Waals surface area contributed by atoms with E-state index >= 15 is 0 Å². The molecule has 1 amide bonds. The number of methoxy groups -OCH3 is 1. The van der Waals surface area contributed by atoms with Crippen molar-refractivity contribution >= 4 is 73.5 Å². The number of benzene rings is 3. The van der Waals surface area contributed by atoms with Gasteiger partial charge in [-0.1, -0.05) is 53.0 Å². The summed E-state index contributed by atoms with van der Waals surface area (Å²) in [5, 5.41) is 5.27. The average molecular weight is 578 g/mol. The van der Waals surface area contributed by atoms with Crippen molar-refractivity contribution in [3.8, 4) is 5.75 Å². The maximum atomic E-state index is 13.4. The molecule has 0 aliphatic rings. The molecule has 0 radical (unpaired) electrons. The molecule has 12 heteroatoms. The fraction of sp³-hybridized carbons (Fsp3) is 0.0800. The molecule has 0 unspecified atom stereocenters. The van der Waals surface area contributed by atoms with E-state index in [0.29, 0.717) is 21.9 Å². The van der Waals surface area contributed by atoms with Gasteiger partial charge in [0.2, 0.25) is 0 Å². The highest BCUT2D eigenvalue weighted by atomic mass is 35.5. The number of nitrogens with one attached hydrogen (secondary N) is 1. The second-order valence-corrected chi connectivity index (χ2v) is 10.7. The van der Waals surface area contributed by atoms with Crippen LogP contribution in [0.5, 0.6) is 5.75 Å². The van der Waals surface area contributed by atoms with Crippen molar-refractivity contribution in [2.45, 2.75) is 4.90 Å². The summed E-state index contributed by atoms with van der Waals surface area (Å²) < 4.78 is 32.9. The lowest BCUT2D eigenvalue weighted by Crippen LogP contribution is -2.39. The Morgan fingerprint density at radius 2 is 1.81 bits per heavy atom. The number of carbonyl (C=O) groups is 1. The number of fused-ring (bicyclic) bond motifs is 1. The number of sulfonamides is 1. The second kappa shape index (κ2) is 11.4. The van der Waals surface area contributed by atoms with Crippen LogP contribution in [0.1, 0.15) is 5.56 Å². The van der Waals surface area contributed by atoms with Crippen LogP contribution in [0.3, 0.4) is 0 Å². The average Bonchev–Trinajstić information content (AvgIpc) is 2.88. The Morgan fingerprint density at radius 1 is 1.05 bits per heavy atom. The first-order valence-corrected chi connectivity index (χ1v) is 13.3. The Labute approximate surface area is 228 Å². The molecule has 4 rings (SSSR count). The highest BCUT2D eigenvalue weighted by Crippen LogP contribution is 2.32. The maximum absolute atomic E-state index is 13.4. The van der Waals surface area contributed by atoms with Crippen LogP contribution in [-0.4, -0.2) is 39.2 Å². The fourth-order valence-electron chi connectivity index (χ4n) is 3.40. The number of halogens is 3. The highest BCUT2D eigenvalue weighted by molar-refractivity contribution is 7.92. The van der Waals surface area contributed by atoms with Crippen LogP contribution in [-0.2, 0) is 14.8 Å². The zero-order chi connectivity index (χ0) is 26.6. The van der Waals surface area contributed by atoms with Crippen LogP contribution in [0.4, 0.5) is 5.69 Å². The topological polar surface area (TPSA) is 101 Å². The summed E-state index contributed by atoms with van der Waals surface area (Å²) in [6.07, 6.45) is 1.32. The van der Waals surface area contributed by atoms with Crippen molar-refractivity contribution in [2.75, 3.05) is 18.0 Å². The van der Waals surface area contributed by atoms with E-state index in [1.54, 1.807) is 43.5 Å². The molecule has 0 aliphatic carbocycles. The van der Waals surface area contributed by atoms with Gasteiger partial charge >= 0.3 is 0 Å². The Bertz CT molecular complexity index is 1600. The number of amides is 1. The minimum absolute atomic E-state index is 0.0111. The monoisotopic (exact) mass is 576 g/mol. The van der Waals surface area contributed by atoms with E-state index in [4.69, 9.17) is 39.5 Å². The predicted molar refractivity (Wildman–Crippen MR) is 146 cm³/mol. The van der Waals surface area contributed by atoms with Crippen LogP contribution in [0.25, 0.3) is 10.9 Å². The minimum Gasteiger partial charge on any atom is -0.497 e. The van der Waals surface area contributed by atoms with Crippen molar-refractivity contribution in [1.29, 1.82) is 0 Å². The zero-order valence-corrected chi connectivity index (χ0v) is 22.3. The van der Waals surface area contributed by atoms with Gasteiger partial charge in [0.25, 0.3) is 15.9 Å². The van der Waals surface area contributed by atoms with Crippen molar-refractivity contribution in [2.24, 2.45) is 5.10 Å². The molecule has 8 nitrogen and oxygen atoms in total. The first kappa shape index (κ1) is 26.7. The molecule has 0 saturated carbocycles. The van der Waals surface area contributed by atoms with Crippen LogP contribution >= 0.6 is 34.8 Å². The molecule has 1 aromatic heterocycles. The number of nitrogens with zero attached hydrogens (tertiary/aromatic N) is 3. The van der Waals surface area contributed by atoms with Gasteiger partial charge in [-0.15, -0.1) is 0 Å². The van der Waals surface area contributed by atoms with E-state index in [1.165, 1.54) is 36.5 Å². The number of rotatable bonds is 8. The van der Waals surface area contributed by atoms with Gasteiger partial charge in [-0.05, 0) is 48.5 Å². The van der Waals surface area contributed by atoms with Gasteiger partial charge in [-0.2, -0.15) is 5.10 Å². The number of carbonyl (C=O) groups excluding carboxylic acids is 1. The standard InChI is InChI=1S/C25H19Cl3N4O4S/c1-36-19-9-7-16-11-17(25(28)30-22(16)13-19)14-29-31-24(33)15-32(23-10-8-18(26)12-21(23)27)37(34,35)20-5-3-2-4-6-20/h2-14H,15H2,1H3,(H,31,33)/b29-14+. The van der Waals surface area contributed by atoms with E-state index in [1.807, 2.05) is 6.07 Å². The van der Waals surface area contributed by atoms with E-state index in [-0.39, 0.29) is 20.8 Å². The number of hydrogen-bond donors (Lipinski definition) is 1. The lowest BCUT2D eigenvalue weighted by molar-refractivity contribution is -0.119. The summed E-state index contributed by atoms with van der Waals surface area (Å²) in [5.41, 5.74) is 3.50. The molecule has 4 aromatic rings. The quantitative estimate of drug-likeness (QED) is 0.168. The molecule has 0 saturated heterocycles. The second-order valence-electron chi connectivity index (χ2n) is 7.64. The largest absolute Gasteiger partial charge is 0.497 e. The van der Waals surface area contributed by atoms with E-state index in [9.17, 15) is 13.2 Å². The molecule has 0 fully saturated rings. The fourth-order valence-corrected chi connectivity index (χ4v) is 5.62. The number of aromatic nitrogens is 1. The van der Waals surface area contributed by atoms with Crippen LogP contribution in [0.15, 0.2) is 82.8 Å². The highest BCUT2D eigenvalue weighted by Gasteiger charge is 2.28. The predicted octanol–water partition coefficient (Wildman–Crippen LogP) is 5.55. The van der Waals surface area contributed by atoms with Gasteiger partial charge in [-0.25, -0.2) is 18.8 Å². The molecule has 0 atom stereocenters. The Hall–Kier alpha value is -3.37. The molecule has 0 spiro atoms. The SMILES string of the molecule is COc1ccc2cc(/C=N/NC(=O)CN(c3ccc(Cl)cc3Cl)S(=O)(=O)c3ccccc3)c(Cl)nc2c1. The third-order valence-corrected chi connectivity index (χ3v) is 7.81. The number of pyridine rings is 1. The summed E-state index contributed by atoms with van der Waals surface area (Å²) in [7, 11) is -2.59. The first-order valence-electron chi connectivity index (χ1n) is 10.7. The number of hydrazone groups is 1. The van der Waals surface area contributed by atoms with Gasteiger partial charge in [0.05, 0.1) is 34.4 Å². The van der Waals surface area contributed by atoms with Crippen molar-refractivity contribution in [1.82, 2.24) is 10.4 Å². The molecule has 190 valence electrons. The summed E-state index contributed by atoms with van der Waals surface area (Å²) in [5.74, 6) is -0.0723. The summed E-state index contributed by atoms with van der Waals surface area (Å²) in [6, 6.07) is 19.1. The molecule has 37 heavy (non-hydrogen) atoms. The van der Waals surface area contributed by atoms with Gasteiger partial charge in [-0.3, -0.25) is 9.10 Å². The van der Waals surface area contributed by atoms with E-state index in [0.717, 1.165) is 9.69 Å². The third kappa shape index (κ3) is 6.14. The van der Waals surface area contributed by atoms with Crippen molar-refractivity contribution < 1.29 is 17.9 Å². The van der Waals surface area contributed by atoms with Crippen LogP contribution in [0, 0.1) is 0 Å². The minimum atomic E-state index is -4.15. The lowest BCUT2D eigenvalue weighted by atomic mass is 10.1. The Morgan fingerprint density at radius 3 is 2.51 bits per heavy atom. The molecule has 1 heterocycles. The normalized spacial score (nSPS) is 11.6. The smallest absolute Gasteiger partial charge is 0.264 e. The van der Waals surface area contributed by atoms with Crippen molar-refractivity contribution in [3.05, 3.63) is 93.6 Å². The third-order valence-electron chi connectivity index (χ3n) is 5.20. The number of ether oxygens (including phenoxy) is 1. The van der Waals surface area contributed by atoms with Crippen LogP contribution in [0.2, 0.25) is 15.2 Å². The number of anilines is 1.